The summed E-state index contributed by atoms with van der Waals surface area (Å²) in [6.07, 6.45) is 12.8. The molecule has 2 aromatic heterocycles. The van der Waals surface area contributed by atoms with Crippen molar-refractivity contribution in [2.24, 2.45) is 5.73 Å². The zero-order valence-corrected chi connectivity index (χ0v) is 18.5. The van der Waals surface area contributed by atoms with Gasteiger partial charge in [-0.25, -0.2) is 4.98 Å². The van der Waals surface area contributed by atoms with Gasteiger partial charge in [0.25, 0.3) is 5.91 Å². The van der Waals surface area contributed by atoms with E-state index in [0.29, 0.717) is 16.4 Å². The van der Waals surface area contributed by atoms with Crippen LogP contribution in [0.5, 0.6) is 0 Å². The highest BCUT2D eigenvalue weighted by Gasteiger charge is 2.17. The van der Waals surface area contributed by atoms with E-state index in [-0.39, 0.29) is 5.91 Å². The number of nitrogens with one attached hydrogen (secondary N) is 1. The highest BCUT2D eigenvalue weighted by molar-refractivity contribution is 7.13. The first-order valence-electron chi connectivity index (χ1n) is 10.0. The van der Waals surface area contributed by atoms with Crippen molar-refractivity contribution < 1.29 is 4.79 Å². The van der Waals surface area contributed by atoms with Gasteiger partial charge in [0.15, 0.2) is 5.01 Å². The second kappa shape index (κ2) is 11.3. The lowest BCUT2D eigenvalue weighted by Crippen LogP contribution is -2.26. The number of hydrogen-bond acceptors (Lipinski definition) is 5. The number of aromatic nitrogens is 2. The van der Waals surface area contributed by atoms with Gasteiger partial charge >= 0.3 is 0 Å². The maximum atomic E-state index is 12.8. The van der Waals surface area contributed by atoms with Gasteiger partial charge < -0.3 is 11.1 Å². The molecule has 2 heterocycles. The molecule has 5 nitrogen and oxygen atoms in total. The molecule has 0 unspecified atom stereocenters. The molecule has 0 atom stereocenters. The fourth-order valence-corrected chi connectivity index (χ4v) is 3.94. The summed E-state index contributed by atoms with van der Waals surface area (Å²) in [5, 5.41) is 3.43. The Labute approximate surface area is 177 Å². The van der Waals surface area contributed by atoms with Crippen LogP contribution in [0.3, 0.4) is 0 Å². The highest BCUT2D eigenvalue weighted by atomic mass is 32.1. The third kappa shape index (κ3) is 6.39. The number of nitrogens with zero attached hydrogens (tertiary/aromatic N) is 2. The minimum atomic E-state index is -0.212. The first-order chi connectivity index (χ1) is 14.0. The minimum Gasteiger partial charge on any atom is -0.397 e. The number of rotatable bonds is 9. The number of nitrogens with two attached hydrogens (primary N) is 1. The monoisotopic (exact) mass is 410 g/mol. The smallest absolute Gasteiger partial charge is 0.284 e. The van der Waals surface area contributed by atoms with Crippen molar-refractivity contribution in [2.75, 3.05) is 0 Å². The van der Waals surface area contributed by atoms with Crippen LogP contribution in [0.4, 0.5) is 0 Å². The lowest BCUT2D eigenvalue weighted by molar-refractivity contribution is 0.0966. The molecule has 3 N–H and O–H groups in total. The molecular weight excluding hydrogens is 380 g/mol. The molecule has 1 amide bonds. The maximum absolute atomic E-state index is 12.8. The van der Waals surface area contributed by atoms with E-state index in [2.05, 4.69) is 29.1 Å². The van der Waals surface area contributed by atoms with Crippen molar-refractivity contribution in [1.82, 2.24) is 15.3 Å². The van der Waals surface area contributed by atoms with Crippen LogP contribution in [0.1, 0.15) is 66.5 Å². The SMILES string of the molecule is CC/C=C(NC(=O)c1nc(CC)c(CCC)s1)/C(N)=C\C=C(/C)c1cccnc1. The number of allylic oxidation sites excluding steroid dienone is 4. The fraction of sp³-hybridized carbons (Fsp3) is 0.348. The number of thiazole rings is 1. The van der Waals surface area contributed by atoms with E-state index in [1.165, 1.54) is 16.2 Å². The summed E-state index contributed by atoms with van der Waals surface area (Å²) < 4.78 is 0. The number of amides is 1. The van der Waals surface area contributed by atoms with E-state index in [9.17, 15) is 4.79 Å². The fourth-order valence-electron chi connectivity index (χ4n) is 2.80. The van der Waals surface area contributed by atoms with Gasteiger partial charge in [0.2, 0.25) is 0 Å². The molecule has 2 aromatic rings. The van der Waals surface area contributed by atoms with E-state index < -0.39 is 0 Å². The zero-order chi connectivity index (χ0) is 21.2. The summed E-state index contributed by atoms with van der Waals surface area (Å²) in [5.74, 6) is -0.212. The van der Waals surface area contributed by atoms with E-state index >= 15 is 0 Å². The summed E-state index contributed by atoms with van der Waals surface area (Å²) in [6, 6.07) is 3.89. The van der Waals surface area contributed by atoms with Crippen molar-refractivity contribution in [1.29, 1.82) is 0 Å². The molecular formula is C23H30N4OS. The van der Waals surface area contributed by atoms with Gasteiger partial charge in [-0.15, -0.1) is 11.3 Å². The third-order valence-electron chi connectivity index (χ3n) is 4.38. The molecule has 6 heteroatoms. The lowest BCUT2D eigenvalue weighted by atomic mass is 10.1. The van der Waals surface area contributed by atoms with Crippen LogP contribution in [-0.2, 0) is 12.8 Å². The Bertz CT molecular complexity index is 910. The molecule has 0 aliphatic rings. The summed E-state index contributed by atoms with van der Waals surface area (Å²) in [6.45, 7) is 8.21. The normalized spacial score (nSPS) is 12.9. The average Bonchev–Trinajstić information content (AvgIpc) is 3.15. The molecule has 29 heavy (non-hydrogen) atoms. The topological polar surface area (TPSA) is 80.9 Å². The number of pyridine rings is 1. The van der Waals surface area contributed by atoms with Gasteiger partial charge in [-0.1, -0.05) is 45.4 Å². The van der Waals surface area contributed by atoms with Crippen molar-refractivity contribution in [3.8, 4) is 0 Å². The molecule has 0 spiro atoms. The van der Waals surface area contributed by atoms with Crippen LogP contribution in [0, 0.1) is 0 Å². The van der Waals surface area contributed by atoms with Gasteiger partial charge in [-0.2, -0.15) is 0 Å². The van der Waals surface area contributed by atoms with Crippen molar-refractivity contribution >= 4 is 22.8 Å². The van der Waals surface area contributed by atoms with Crippen molar-refractivity contribution in [2.45, 2.75) is 53.4 Å². The number of carbonyl (C=O) groups excluding carboxylic acids is 1. The molecule has 0 radical (unpaired) electrons. The Morgan fingerprint density at radius 1 is 1.28 bits per heavy atom. The highest BCUT2D eigenvalue weighted by Crippen LogP contribution is 2.21. The van der Waals surface area contributed by atoms with E-state index in [4.69, 9.17) is 5.73 Å². The number of aryl methyl sites for hydroxylation is 2. The maximum Gasteiger partial charge on any atom is 0.284 e. The zero-order valence-electron chi connectivity index (χ0n) is 17.7. The third-order valence-corrected chi connectivity index (χ3v) is 5.54. The van der Waals surface area contributed by atoms with Gasteiger partial charge in [-0.3, -0.25) is 9.78 Å². The van der Waals surface area contributed by atoms with E-state index in [1.54, 1.807) is 6.20 Å². The second-order valence-corrected chi connectivity index (χ2v) is 7.77. The van der Waals surface area contributed by atoms with Crippen LogP contribution in [-0.4, -0.2) is 15.9 Å². The Balaban J connectivity index is 2.19. The van der Waals surface area contributed by atoms with Gasteiger partial charge in [0, 0.05) is 17.3 Å². The Kier molecular flexibility index (Phi) is 8.80. The molecule has 0 aliphatic heterocycles. The van der Waals surface area contributed by atoms with Crippen molar-refractivity contribution in [3.63, 3.8) is 0 Å². The van der Waals surface area contributed by atoms with Crippen LogP contribution in [0.15, 0.2) is 54.1 Å². The number of hydrogen-bond donors (Lipinski definition) is 2. The van der Waals surface area contributed by atoms with E-state index in [0.717, 1.165) is 42.5 Å². The molecule has 0 aliphatic carbocycles. The van der Waals surface area contributed by atoms with Gasteiger partial charge in [0.1, 0.15) is 0 Å². The van der Waals surface area contributed by atoms with Crippen LogP contribution >= 0.6 is 11.3 Å². The molecule has 154 valence electrons. The summed E-state index contributed by atoms with van der Waals surface area (Å²) >= 11 is 1.47. The first kappa shape index (κ1) is 22.6. The number of carbonyl (C=O) groups is 1. The molecule has 0 bridgehead atoms. The van der Waals surface area contributed by atoms with Crippen molar-refractivity contribution in [3.05, 3.63) is 75.3 Å². The predicted octanol–water partition coefficient (Wildman–Crippen LogP) is 5.02. The first-order valence-corrected chi connectivity index (χ1v) is 10.9. The molecule has 0 saturated carbocycles. The minimum absolute atomic E-state index is 0.212. The molecule has 0 aromatic carbocycles. The Hall–Kier alpha value is -2.73. The van der Waals surface area contributed by atoms with Crippen LogP contribution < -0.4 is 11.1 Å². The lowest BCUT2D eigenvalue weighted by Gasteiger charge is -2.09. The predicted molar refractivity (Wildman–Crippen MR) is 121 cm³/mol. The summed E-state index contributed by atoms with van der Waals surface area (Å²) in [7, 11) is 0. The molecule has 0 saturated heterocycles. The molecule has 2 rings (SSSR count). The van der Waals surface area contributed by atoms with E-state index in [1.807, 2.05) is 50.4 Å². The summed E-state index contributed by atoms with van der Waals surface area (Å²) in [4.78, 5) is 22.6. The van der Waals surface area contributed by atoms with Crippen LogP contribution in [0.25, 0.3) is 5.57 Å². The Morgan fingerprint density at radius 3 is 2.69 bits per heavy atom. The van der Waals surface area contributed by atoms with Gasteiger partial charge in [-0.05, 0) is 49.5 Å². The quantitative estimate of drug-likeness (QED) is 0.569. The standard InChI is InChI=1S/C23H30N4OS/c1-5-9-20(18(24)13-12-16(4)17-11-8-14-25-15-17)26-22(28)23-27-19(7-3)21(29-23)10-6-2/h8-9,11-15H,5-7,10,24H2,1-4H3,(H,26,28)/b16-12+,18-13+,20-9-. The molecule has 0 fully saturated rings. The second-order valence-electron chi connectivity index (χ2n) is 6.69. The Morgan fingerprint density at radius 2 is 2.07 bits per heavy atom. The average molecular weight is 411 g/mol. The summed E-state index contributed by atoms with van der Waals surface area (Å²) in [5.41, 5.74) is 10.5. The largest absolute Gasteiger partial charge is 0.397 e. The van der Waals surface area contributed by atoms with Gasteiger partial charge in [0.05, 0.1) is 17.1 Å². The van der Waals surface area contributed by atoms with Crippen LogP contribution in [0.2, 0.25) is 0 Å².